The van der Waals surface area contributed by atoms with E-state index in [4.69, 9.17) is 18.5 Å². The van der Waals surface area contributed by atoms with Crippen molar-refractivity contribution >= 4 is 19.8 Å². The van der Waals surface area contributed by atoms with Crippen molar-refractivity contribution < 1.29 is 42.1 Å². The molecule has 0 aromatic heterocycles. The van der Waals surface area contributed by atoms with Gasteiger partial charge in [0.15, 0.2) is 6.10 Å². The van der Waals surface area contributed by atoms with Gasteiger partial charge in [-0.25, -0.2) is 0 Å². The summed E-state index contributed by atoms with van der Waals surface area (Å²) >= 11 is 0. The van der Waals surface area contributed by atoms with E-state index in [0.717, 1.165) is 44.9 Å². The second-order valence-electron chi connectivity index (χ2n) is 17.1. The van der Waals surface area contributed by atoms with Gasteiger partial charge in [0.25, 0.3) is 7.82 Å². The Bertz CT molecular complexity index is 969. The molecule has 0 heterocycles. The zero-order valence-electron chi connectivity index (χ0n) is 37.3. The molecule has 0 aliphatic carbocycles. The van der Waals surface area contributed by atoms with Gasteiger partial charge in [-0.2, -0.15) is 0 Å². The summed E-state index contributed by atoms with van der Waals surface area (Å²) < 4.78 is 34.0. The van der Waals surface area contributed by atoms with Crippen LogP contribution in [-0.2, 0) is 32.7 Å². The highest BCUT2D eigenvalue weighted by molar-refractivity contribution is 7.45. The Balaban J connectivity index is 4.29. The third-order valence-electron chi connectivity index (χ3n) is 10.3. The number of carbonyl (C=O) groups is 2. The number of rotatable bonds is 43. The molecule has 10 heteroatoms. The summed E-state index contributed by atoms with van der Waals surface area (Å²) in [7, 11) is 1.17. The van der Waals surface area contributed by atoms with Crippen molar-refractivity contribution in [3.63, 3.8) is 0 Å². The maximum atomic E-state index is 12.7. The Kier molecular flexibility index (Phi) is 38.3. The summed E-state index contributed by atoms with van der Waals surface area (Å²) in [5.41, 5.74) is 0. The molecular weight excluding hydrogens is 725 g/mol. The van der Waals surface area contributed by atoms with E-state index < -0.39 is 26.5 Å². The van der Waals surface area contributed by atoms with Gasteiger partial charge in [-0.1, -0.05) is 180 Å². The standard InChI is InChI=1S/C46H90NO8P/c1-6-8-10-12-14-16-18-20-22-23-25-26-28-30-32-34-36-38-45(48)52-42-44(43-54-56(50,51)53-41-40-47(3,4)5)55-46(49)39-37-35-33-31-29-27-24-21-19-17-15-13-11-9-7-2/h17,19,44H,6-16,18,20-43H2,1-5H3/b19-17-/t44-/m1/s1. The van der Waals surface area contributed by atoms with Crippen LogP contribution in [0.25, 0.3) is 0 Å². The van der Waals surface area contributed by atoms with Crippen LogP contribution in [0.4, 0.5) is 0 Å². The number of allylic oxidation sites excluding steroid dienone is 2. The number of nitrogens with zero attached hydrogens (tertiary/aromatic N) is 1. The average Bonchev–Trinajstić information content (AvgIpc) is 3.15. The molecule has 0 saturated heterocycles. The van der Waals surface area contributed by atoms with Crippen LogP contribution < -0.4 is 4.89 Å². The van der Waals surface area contributed by atoms with E-state index in [1.165, 1.54) is 141 Å². The fourth-order valence-corrected chi connectivity index (χ4v) is 7.32. The Morgan fingerprint density at radius 2 is 0.911 bits per heavy atom. The highest BCUT2D eigenvalue weighted by atomic mass is 31.2. The number of hydrogen-bond acceptors (Lipinski definition) is 8. The van der Waals surface area contributed by atoms with Gasteiger partial charge < -0.3 is 27.9 Å². The number of unbranched alkanes of at least 4 members (excludes halogenated alkanes) is 27. The number of ether oxygens (including phenoxy) is 2. The fraction of sp³-hybridized carbons (Fsp3) is 0.913. The molecule has 2 atom stereocenters. The lowest BCUT2D eigenvalue weighted by atomic mass is 10.0. The molecule has 56 heavy (non-hydrogen) atoms. The number of quaternary nitrogens is 1. The maximum absolute atomic E-state index is 12.7. The summed E-state index contributed by atoms with van der Waals surface area (Å²) in [5.74, 6) is -0.828. The zero-order valence-corrected chi connectivity index (χ0v) is 38.2. The van der Waals surface area contributed by atoms with Gasteiger partial charge in [0.1, 0.15) is 19.8 Å². The molecule has 1 unspecified atom stereocenters. The quantitative estimate of drug-likeness (QED) is 0.0197. The lowest BCUT2D eigenvalue weighted by molar-refractivity contribution is -0.870. The highest BCUT2D eigenvalue weighted by Crippen LogP contribution is 2.38. The predicted molar refractivity (Wildman–Crippen MR) is 231 cm³/mol. The number of hydrogen-bond donors (Lipinski definition) is 0. The molecule has 0 saturated carbocycles. The molecule has 332 valence electrons. The summed E-state index contributed by atoms with van der Waals surface area (Å²) in [6.07, 6.45) is 40.9. The number of phosphoric acid groups is 1. The van der Waals surface area contributed by atoms with Crippen LogP contribution in [0.3, 0.4) is 0 Å². The van der Waals surface area contributed by atoms with E-state index in [2.05, 4.69) is 26.0 Å². The van der Waals surface area contributed by atoms with Crippen LogP contribution in [0, 0.1) is 0 Å². The van der Waals surface area contributed by atoms with E-state index in [-0.39, 0.29) is 32.0 Å². The van der Waals surface area contributed by atoms with Crippen LogP contribution in [0.1, 0.15) is 219 Å². The van der Waals surface area contributed by atoms with Crippen molar-refractivity contribution in [1.82, 2.24) is 0 Å². The van der Waals surface area contributed by atoms with Gasteiger partial charge in [0, 0.05) is 12.8 Å². The molecule has 0 aromatic rings. The van der Waals surface area contributed by atoms with E-state index in [9.17, 15) is 19.0 Å². The highest BCUT2D eigenvalue weighted by Gasteiger charge is 2.21. The molecule has 0 radical (unpaired) electrons. The molecule has 0 aromatic carbocycles. The van der Waals surface area contributed by atoms with E-state index in [0.29, 0.717) is 17.4 Å². The third kappa shape index (κ3) is 42.4. The minimum absolute atomic E-state index is 0.0285. The van der Waals surface area contributed by atoms with Crippen LogP contribution in [0.15, 0.2) is 12.2 Å². The van der Waals surface area contributed by atoms with E-state index in [1.54, 1.807) is 0 Å². The molecule has 0 bridgehead atoms. The Morgan fingerprint density at radius 1 is 0.536 bits per heavy atom. The van der Waals surface area contributed by atoms with Crippen molar-refractivity contribution in [3.05, 3.63) is 12.2 Å². The number of esters is 2. The summed E-state index contributed by atoms with van der Waals surface area (Å²) in [6, 6.07) is 0. The summed E-state index contributed by atoms with van der Waals surface area (Å²) in [5, 5.41) is 0. The van der Waals surface area contributed by atoms with E-state index in [1.807, 2.05) is 21.1 Å². The van der Waals surface area contributed by atoms with Crippen molar-refractivity contribution in [2.45, 2.75) is 225 Å². The van der Waals surface area contributed by atoms with Crippen LogP contribution >= 0.6 is 7.82 Å². The van der Waals surface area contributed by atoms with Gasteiger partial charge in [-0.3, -0.25) is 14.2 Å². The second-order valence-corrected chi connectivity index (χ2v) is 18.5. The lowest BCUT2D eigenvalue weighted by Crippen LogP contribution is -2.37. The Hall–Kier alpha value is -1.25. The molecular formula is C46H90NO8P. The second kappa shape index (κ2) is 39.2. The topological polar surface area (TPSA) is 111 Å². The number of likely N-dealkylation sites (N-methyl/N-ethyl adjacent to an activating group) is 1. The average molecular weight is 816 g/mol. The molecule has 0 rings (SSSR count). The maximum Gasteiger partial charge on any atom is 0.306 e. The van der Waals surface area contributed by atoms with Crippen molar-refractivity contribution in [3.8, 4) is 0 Å². The first kappa shape index (κ1) is 54.8. The smallest absolute Gasteiger partial charge is 0.306 e. The fourth-order valence-electron chi connectivity index (χ4n) is 6.59. The van der Waals surface area contributed by atoms with Gasteiger partial charge in [0.2, 0.25) is 0 Å². The van der Waals surface area contributed by atoms with E-state index >= 15 is 0 Å². The number of carbonyl (C=O) groups excluding carboxylic acids is 2. The van der Waals surface area contributed by atoms with Gasteiger partial charge in [0.05, 0.1) is 27.7 Å². The van der Waals surface area contributed by atoms with Crippen LogP contribution in [0.5, 0.6) is 0 Å². The molecule has 0 fully saturated rings. The predicted octanol–water partition coefficient (Wildman–Crippen LogP) is 12.7. The van der Waals surface area contributed by atoms with Gasteiger partial charge in [-0.15, -0.1) is 0 Å². The molecule has 0 aliphatic heterocycles. The van der Waals surface area contributed by atoms with Crippen molar-refractivity contribution in [1.29, 1.82) is 0 Å². The zero-order chi connectivity index (χ0) is 41.4. The minimum atomic E-state index is -4.62. The molecule has 0 aliphatic rings. The van der Waals surface area contributed by atoms with Crippen LogP contribution in [-0.4, -0.2) is 70.0 Å². The van der Waals surface area contributed by atoms with Crippen molar-refractivity contribution in [2.75, 3.05) is 47.5 Å². The monoisotopic (exact) mass is 816 g/mol. The van der Waals surface area contributed by atoms with Gasteiger partial charge in [-0.05, 0) is 38.5 Å². The molecule has 0 spiro atoms. The first-order chi connectivity index (χ1) is 27.0. The summed E-state index contributed by atoms with van der Waals surface area (Å²) in [4.78, 5) is 37.6. The SMILES string of the molecule is CCCCCC/C=C\CCCCCCCCCC(=O)O[C@H](COC(=O)CCCCCCCCCCCCCCCCCCC)COP(=O)([O-])OCC[N+](C)(C)C. The molecule has 0 N–H and O–H groups in total. The minimum Gasteiger partial charge on any atom is -0.756 e. The number of phosphoric ester groups is 1. The first-order valence-electron chi connectivity index (χ1n) is 23.4. The molecule has 9 nitrogen and oxygen atoms in total. The van der Waals surface area contributed by atoms with Crippen LogP contribution in [0.2, 0.25) is 0 Å². The third-order valence-corrected chi connectivity index (χ3v) is 11.2. The molecule has 0 amide bonds. The summed E-state index contributed by atoms with van der Waals surface area (Å²) in [6.45, 7) is 4.24. The lowest BCUT2D eigenvalue weighted by Gasteiger charge is -2.28. The Labute approximate surface area is 346 Å². The Morgan fingerprint density at radius 3 is 1.34 bits per heavy atom. The van der Waals surface area contributed by atoms with Gasteiger partial charge >= 0.3 is 11.9 Å². The van der Waals surface area contributed by atoms with Crippen molar-refractivity contribution in [2.24, 2.45) is 0 Å². The normalized spacial score (nSPS) is 13.6. The largest absolute Gasteiger partial charge is 0.756 e. The first-order valence-corrected chi connectivity index (χ1v) is 24.9.